The van der Waals surface area contributed by atoms with Crippen LogP contribution in [-0.4, -0.2) is 155 Å². The van der Waals surface area contributed by atoms with Crippen LogP contribution in [0, 0.1) is 23.7 Å². The van der Waals surface area contributed by atoms with Crippen molar-refractivity contribution < 1.29 is 51.7 Å². The van der Waals surface area contributed by atoms with E-state index in [1.807, 2.05) is 69.3 Å². The van der Waals surface area contributed by atoms with Gasteiger partial charge < -0.3 is 39.8 Å². The van der Waals surface area contributed by atoms with E-state index in [1.54, 1.807) is 60.4 Å². The van der Waals surface area contributed by atoms with Gasteiger partial charge in [0, 0.05) is 51.4 Å². The van der Waals surface area contributed by atoms with Crippen LogP contribution < -0.4 is 25.2 Å². The second kappa shape index (κ2) is 22.9. The average molecular weight is 1090 g/mol. The lowest BCUT2D eigenvalue weighted by Gasteiger charge is -2.39. The monoisotopic (exact) mass is 1090 g/mol. The number of aliphatic hydroxyl groups excluding tert-OH is 1. The zero-order valence-electron chi connectivity index (χ0n) is 43.6. The van der Waals surface area contributed by atoms with Gasteiger partial charge in [0.2, 0.25) is 17.7 Å². The van der Waals surface area contributed by atoms with Crippen LogP contribution >= 0.6 is 23.6 Å². The standard InChI is InChI=1S/C54H64F3N9O8S2/c1-32(34-8-10-35(11-9-34)46-33(2)59-31-76-46)60-48(69)44-23-39(67)25-64(44)49(70)47(52(3,4)5)61-45(68)29-63-19-20-72-41(27-63)26-62-18-21-73-42(28-62)30-74-40-16-14-37(15-17-40)66-51(75)65(50(71)53(66,6)7)38-13-12-36(24-58)43(22-38)54(55,56)57/h8-17,22,31-32,39,41-42,44,47,67H,18-21,23,25-30H2,1-7H3,(H,60,69)(H,61,68)/t32-,39+,41-,42-,44-,47+/m0/s1. The smallest absolute Gasteiger partial charge is 0.417 e. The van der Waals surface area contributed by atoms with Crippen LogP contribution in [0.5, 0.6) is 5.75 Å². The lowest BCUT2D eigenvalue weighted by molar-refractivity contribution is -0.144. The molecule has 3 N–H and O–H groups in total. The van der Waals surface area contributed by atoms with E-state index in [1.165, 1.54) is 11.0 Å². The Balaban J connectivity index is 0.810. The van der Waals surface area contributed by atoms with E-state index >= 15 is 0 Å². The fourth-order valence-electron chi connectivity index (χ4n) is 10.1. The molecule has 0 unspecified atom stereocenters. The lowest BCUT2D eigenvalue weighted by Crippen LogP contribution is -2.59. The van der Waals surface area contributed by atoms with Gasteiger partial charge in [-0.2, -0.15) is 18.4 Å². The minimum absolute atomic E-state index is 0.0176. The second-order valence-corrected chi connectivity index (χ2v) is 22.5. The number of thiocarbonyl (C=S) groups is 1. The molecule has 6 atom stereocenters. The van der Waals surface area contributed by atoms with Crippen LogP contribution in [0.15, 0.2) is 72.2 Å². The molecule has 22 heteroatoms. The molecule has 406 valence electrons. The number of aryl methyl sites for hydroxylation is 1. The SMILES string of the molecule is Cc1ncsc1-c1ccc([C@H](C)NC(=O)[C@@H]2C[C@@H](O)CN2C(=O)[C@@H](NC(=O)CN2CCO[C@@H](CN3CCO[C@H](COc4ccc(N5C(=S)N(c6ccc(C#N)c(C(F)(F)F)c6)C(=O)C5(C)C)cc4)C3)C2)C(C)(C)C)cc1. The summed E-state index contributed by atoms with van der Waals surface area (Å²) in [5, 5.41) is 26.0. The number of thiazole rings is 1. The fraction of sp³-hybridized carbons (Fsp3) is 0.500. The quantitative estimate of drug-likeness (QED) is 0.116. The Morgan fingerprint density at radius 3 is 2.26 bits per heavy atom. The van der Waals surface area contributed by atoms with Crippen molar-refractivity contribution >= 4 is 63.7 Å². The molecule has 0 bridgehead atoms. The maximum atomic E-state index is 14.3. The number of likely N-dealkylation sites (tertiary alicyclic amines) is 1. The number of benzene rings is 3. The molecule has 17 nitrogen and oxygen atoms in total. The van der Waals surface area contributed by atoms with Crippen molar-refractivity contribution in [3.05, 3.63) is 94.6 Å². The van der Waals surface area contributed by atoms with E-state index in [4.69, 9.17) is 26.4 Å². The number of nitriles is 1. The van der Waals surface area contributed by atoms with Gasteiger partial charge in [-0.25, -0.2) is 4.98 Å². The molecular weight excluding hydrogens is 1020 g/mol. The van der Waals surface area contributed by atoms with Gasteiger partial charge >= 0.3 is 6.18 Å². The summed E-state index contributed by atoms with van der Waals surface area (Å²) in [6.45, 7) is 16.5. The van der Waals surface area contributed by atoms with Gasteiger partial charge in [0.05, 0.1) is 77.0 Å². The highest BCUT2D eigenvalue weighted by Crippen LogP contribution is 2.40. The third-order valence-corrected chi connectivity index (χ3v) is 15.6. The van der Waals surface area contributed by atoms with Crippen molar-refractivity contribution in [1.29, 1.82) is 5.26 Å². The first-order valence-corrected chi connectivity index (χ1v) is 26.5. The lowest BCUT2D eigenvalue weighted by atomic mass is 9.85. The van der Waals surface area contributed by atoms with E-state index in [0.29, 0.717) is 57.4 Å². The number of anilines is 2. The van der Waals surface area contributed by atoms with E-state index in [2.05, 4.69) is 20.5 Å². The molecule has 0 radical (unpaired) electrons. The van der Waals surface area contributed by atoms with Gasteiger partial charge in [-0.3, -0.25) is 33.9 Å². The number of nitrogens with one attached hydrogen (secondary N) is 2. The summed E-state index contributed by atoms with van der Waals surface area (Å²) >= 11 is 7.25. The van der Waals surface area contributed by atoms with Crippen LogP contribution in [0.4, 0.5) is 24.5 Å². The molecule has 4 aromatic rings. The molecule has 76 heavy (non-hydrogen) atoms. The largest absolute Gasteiger partial charge is 0.491 e. The van der Waals surface area contributed by atoms with E-state index in [9.17, 15) is 42.7 Å². The van der Waals surface area contributed by atoms with Crippen molar-refractivity contribution in [2.75, 3.05) is 75.4 Å². The van der Waals surface area contributed by atoms with Gasteiger partial charge in [-0.05, 0) is 98.9 Å². The third-order valence-electron chi connectivity index (χ3n) is 14.2. The number of amides is 4. The average Bonchev–Trinajstić information content (AvgIpc) is 4.07. The molecule has 4 fully saturated rings. The topological polar surface area (TPSA) is 193 Å². The Labute approximate surface area is 449 Å². The number of aliphatic hydroxyl groups is 1. The molecular formula is C54H64F3N9O8S2. The number of halogens is 3. The molecule has 4 amide bonds. The van der Waals surface area contributed by atoms with Crippen LogP contribution in [0.25, 0.3) is 10.4 Å². The number of rotatable bonds is 15. The number of hydrogen-bond acceptors (Lipinski definition) is 14. The molecule has 4 saturated heterocycles. The predicted molar refractivity (Wildman–Crippen MR) is 283 cm³/mol. The Morgan fingerprint density at radius 1 is 0.961 bits per heavy atom. The summed E-state index contributed by atoms with van der Waals surface area (Å²) in [7, 11) is 0. The molecule has 4 aliphatic heterocycles. The number of hydrogen-bond donors (Lipinski definition) is 3. The first kappa shape index (κ1) is 56.2. The minimum atomic E-state index is -4.82. The van der Waals surface area contributed by atoms with Gasteiger partial charge in [-0.15, -0.1) is 11.3 Å². The maximum Gasteiger partial charge on any atom is 0.417 e. The Hall–Kier alpha value is -6.06. The van der Waals surface area contributed by atoms with E-state index in [-0.39, 0.29) is 67.0 Å². The highest BCUT2D eigenvalue weighted by Gasteiger charge is 2.51. The van der Waals surface area contributed by atoms with Crippen molar-refractivity contribution in [3.63, 3.8) is 0 Å². The predicted octanol–water partition coefficient (Wildman–Crippen LogP) is 6.08. The number of morpholine rings is 2. The number of carbonyl (C=O) groups is 4. The first-order valence-electron chi connectivity index (χ1n) is 25.2. The van der Waals surface area contributed by atoms with Gasteiger partial charge in [0.1, 0.15) is 36.1 Å². The first-order chi connectivity index (χ1) is 35.9. The summed E-state index contributed by atoms with van der Waals surface area (Å²) in [5.74, 6) is -1.17. The zero-order chi connectivity index (χ0) is 54.9. The summed E-state index contributed by atoms with van der Waals surface area (Å²) in [4.78, 5) is 69.3. The van der Waals surface area contributed by atoms with Crippen molar-refractivity contribution in [1.82, 2.24) is 30.3 Å². The number of ether oxygens (including phenoxy) is 3. The molecule has 1 aromatic heterocycles. The summed E-state index contributed by atoms with van der Waals surface area (Å²) in [6, 6.07) is 17.1. The third kappa shape index (κ3) is 12.5. The maximum absolute atomic E-state index is 14.3. The van der Waals surface area contributed by atoms with Crippen molar-refractivity contribution in [3.8, 4) is 22.3 Å². The summed E-state index contributed by atoms with van der Waals surface area (Å²) in [6.07, 6.45) is -6.14. The fourth-order valence-corrected chi connectivity index (χ4v) is 11.5. The molecule has 4 aliphatic rings. The Kier molecular flexibility index (Phi) is 16.9. The molecule has 0 saturated carbocycles. The highest BCUT2D eigenvalue weighted by molar-refractivity contribution is 7.81. The number of carbonyl (C=O) groups excluding carboxylic acids is 4. The summed E-state index contributed by atoms with van der Waals surface area (Å²) < 4.78 is 59.8. The highest BCUT2D eigenvalue weighted by atomic mass is 32.1. The van der Waals surface area contributed by atoms with Crippen LogP contribution in [0.3, 0.4) is 0 Å². The van der Waals surface area contributed by atoms with E-state index < -0.39 is 58.3 Å². The Morgan fingerprint density at radius 2 is 1.62 bits per heavy atom. The second-order valence-electron chi connectivity index (χ2n) is 21.3. The van der Waals surface area contributed by atoms with Crippen LogP contribution in [0.1, 0.15) is 76.4 Å². The van der Waals surface area contributed by atoms with Gasteiger partial charge in [0.25, 0.3) is 5.91 Å². The minimum Gasteiger partial charge on any atom is -0.491 e. The molecule has 5 heterocycles. The molecule has 3 aromatic carbocycles. The van der Waals surface area contributed by atoms with Crippen molar-refractivity contribution in [2.24, 2.45) is 5.41 Å². The number of aromatic nitrogens is 1. The number of alkyl halides is 3. The molecule has 0 spiro atoms. The summed E-state index contributed by atoms with van der Waals surface area (Å²) in [5.41, 5.74) is 1.40. The van der Waals surface area contributed by atoms with Crippen molar-refractivity contribution in [2.45, 2.75) is 103 Å². The van der Waals surface area contributed by atoms with Crippen LogP contribution in [0.2, 0.25) is 0 Å². The van der Waals surface area contributed by atoms with Gasteiger partial charge in [0.15, 0.2) is 5.11 Å². The van der Waals surface area contributed by atoms with E-state index in [0.717, 1.165) is 38.7 Å². The molecule has 8 rings (SSSR count). The zero-order valence-corrected chi connectivity index (χ0v) is 45.2. The molecule has 0 aliphatic carbocycles. The number of β-amino-alcohol motifs (C(OH)–C–C–N with tert-alkyl or cyclic N) is 1. The van der Waals surface area contributed by atoms with Crippen LogP contribution in [-0.2, 0) is 34.8 Å². The normalized spacial score (nSPS) is 22.3. The number of nitrogens with zero attached hydrogens (tertiary/aromatic N) is 7. The Bertz CT molecular complexity index is 2840. The van der Waals surface area contributed by atoms with Gasteiger partial charge in [-0.1, -0.05) is 45.0 Å².